The molecule has 3 nitrogen and oxygen atoms in total. The van der Waals surface area contributed by atoms with Gasteiger partial charge in [-0.05, 0) is 70.9 Å². The number of hydrogen-bond donors (Lipinski definition) is 1. The van der Waals surface area contributed by atoms with Crippen molar-refractivity contribution in [2.24, 2.45) is 11.3 Å². The smallest absolute Gasteiger partial charge is 0.0159 e. The van der Waals surface area contributed by atoms with Crippen LogP contribution < -0.4 is 5.32 Å². The van der Waals surface area contributed by atoms with Crippen LogP contribution in [0.4, 0.5) is 0 Å². The summed E-state index contributed by atoms with van der Waals surface area (Å²) in [7, 11) is 4.34. The van der Waals surface area contributed by atoms with Crippen molar-refractivity contribution >= 4 is 0 Å². The van der Waals surface area contributed by atoms with E-state index < -0.39 is 0 Å². The Kier molecular flexibility index (Phi) is 8.22. The second kappa shape index (κ2) is 9.12. The number of nitrogens with one attached hydrogen (secondary N) is 1. The Morgan fingerprint density at radius 3 is 2.43 bits per heavy atom. The van der Waals surface area contributed by atoms with Crippen LogP contribution in [0, 0.1) is 11.3 Å². The van der Waals surface area contributed by atoms with Gasteiger partial charge in [-0.15, -0.1) is 0 Å². The molecule has 0 aromatic rings. The molecular formula is C18H39N3. The Labute approximate surface area is 133 Å². The van der Waals surface area contributed by atoms with E-state index >= 15 is 0 Å². The van der Waals surface area contributed by atoms with Gasteiger partial charge in [-0.25, -0.2) is 0 Å². The lowest BCUT2D eigenvalue weighted by Crippen LogP contribution is -2.53. The maximum Gasteiger partial charge on any atom is 0.0159 e. The van der Waals surface area contributed by atoms with Crippen LogP contribution in [0.15, 0.2) is 0 Å². The summed E-state index contributed by atoms with van der Waals surface area (Å²) in [5.74, 6) is 0.813. The summed E-state index contributed by atoms with van der Waals surface area (Å²) in [6.45, 7) is 15.4. The van der Waals surface area contributed by atoms with Gasteiger partial charge in [0, 0.05) is 12.6 Å². The highest BCUT2D eigenvalue weighted by molar-refractivity contribution is 4.94. The van der Waals surface area contributed by atoms with Crippen molar-refractivity contribution in [3.05, 3.63) is 0 Å². The molecule has 0 saturated heterocycles. The second-order valence-electron chi connectivity index (χ2n) is 7.73. The van der Waals surface area contributed by atoms with Crippen LogP contribution in [0.3, 0.4) is 0 Å². The number of rotatable bonds is 9. The SMILES string of the molecule is CCNC1C(CN(CC)CCCN(C)C)CCCC1(C)C. The van der Waals surface area contributed by atoms with Crippen molar-refractivity contribution in [3.63, 3.8) is 0 Å². The highest BCUT2D eigenvalue weighted by Crippen LogP contribution is 2.39. The largest absolute Gasteiger partial charge is 0.313 e. The molecular weight excluding hydrogens is 258 g/mol. The van der Waals surface area contributed by atoms with Gasteiger partial charge in [0.25, 0.3) is 0 Å². The topological polar surface area (TPSA) is 18.5 Å². The van der Waals surface area contributed by atoms with E-state index in [4.69, 9.17) is 0 Å². The average Bonchev–Trinajstić information content (AvgIpc) is 2.40. The van der Waals surface area contributed by atoms with Crippen LogP contribution in [-0.4, -0.2) is 62.7 Å². The number of hydrogen-bond acceptors (Lipinski definition) is 3. The Morgan fingerprint density at radius 2 is 1.86 bits per heavy atom. The van der Waals surface area contributed by atoms with Gasteiger partial charge >= 0.3 is 0 Å². The van der Waals surface area contributed by atoms with Crippen LogP contribution >= 0.6 is 0 Å². The average molecular weight is 298 g/mol. The minimum absolute atomic E-state index is 0.446. The molecule has 1 fully saturated rings. The van der Waals surface area contributed by atoms with Crippen LogP contribution in [0.25, 0.3) is 0 Å². The maximum absolute atomic E-state index is 3.79. The first-order valence-electron chi connectivity index (χ1n) is 9.01. The minimum atomic E-state index is 0.446. The van der Waals surface area contributed by atoms with Gasteiger partial charge in [0.1, 0.15) is 0 Å². The summed E-state index contributed by atoms with van der Waals surface area (Å²) < 4.78 is 0. The molecule has 21 heavy (non-hydrogen) atoms. The predicted molar refractivity (Wildman–Crippen MR) is 93.9 cm³/mol. The zero-order chi connectivity index (χ0) is 15.9. The fraction of sp³-hybridized carbons (Fsp3) is 1.00. The summed E-state index contributed by atoms with van der Waals surface area (Å²) in [5.41, 5.74) is 0.446. The van der Waals surface area contributed by atoms with Crippen molar-refractivity contribution in [3.8, 4) is 0 Å². The molecule has 1 rings (SSSR count). The third-order valence-electron chi connectivity index (χ3n) is 5.15. The lowest BCUT2D eigenvalue weighted by Gasteiger charge is -2.46. The van der Waals surface area contributed by atoms with Gasteiger partial charge in [-0.1, -0.05) is 34.1 Å². The minimum Gasteiger partial charge on any atom is -0.313 e. The van der Waals surface area contributed by atoms with E-state index in [0.29, 0.717) is 11.5 Å². The highest BCUT2D eigenvalue weighted by Gasteiger charge is 2.38. The molecule has 1 aliphatic rings. The van der Waals surface area contributed by atoms with E-state index in [1.807, 2.05) is 0 Å². The zero-order valence-corrected chi connectivity index (χ0v) is 15.4. The first kappa shape index (κ1) is 18.9. The molecule has 0 bridgehead atoms. The fourth-order valence-corrected chi connectivity index (χ4v) is 3.96. The van der Waals surface area contributed by atoms with E-state index in [9.17, 15) is 0 Å². The Bertz CT molecular complexity index is 276. The van der Waals surface area contributed by atoms with Crippen LogP contribution in [0.1, 0.15) is 53.4 Å². The maximum atomic E-state index is 3.79. The molecule has 0 aliphatic heterocycles. The molecule has 1 N–H and O–H groups in total. The van der Waals surface area contributed by atoms with Crippen molar-refractivity contribution in [2.75, 3.05) is 46.8 Å². The van der Waals surface area contributed by atoms with Gasteiger partial charge in [-0.3, -0.25) is 0 Å². The van der Waals surface area contributed by atoms with Crippen molar-refractivity contribution in [1.29, 1.82) is 0 Å². The molecule has 1 saturated carbocycles. The quantitative estimate of drug-likeness (QED) is 0.705. The Hall–Kier alpha value is -0.120. The third-order valence-corrected chi connectivity index (χ3v) is 5.15. The summed E-state index contributed by atoms with van der Waals surface area (Å²) in [6, 6.07) is 0.680. The second-order valence-corrected chi connectivity index (χ2v) is 7.73. The van der Waals surface area contributed by atoms with Gasteiger partial charge in [0.05, 0.1) is 0 Å². The van der Waals surface area contributed by atoms with Crippen molar-refractivity contribution in [2.45, 2.75) is 59.4 Å². The van der Waals surface area contributed by atoms with E-state index in [1.165, 1.54) is 51.9 Å². The van der Waals surface area contributed by atoms with E-state index in [2.05, 4.69) is 56.9 Å². The van der Waals surface area contributed by atoms with E-state index in [0.717, 1.165) is 12.5 Å². The molecule has 0 aromatic heterocycles. The summed E-state index contributed by atoms with van der Waals surface area (Å²) in [5, 5.41) is 3.79. The van der Waals surface area contributed by atoms with Gasteiger partial charge < -0.3 is 15.1 Å². The zero-order valence-electron chi connectivity index (χ0n) is 15.4. The molecule has 0 amide bonds. The monoisotopic (exact) mass is 297 g/mol. The van der Waals surface area contributed by atoms with E-state index in [1.54, 1.807) is 0 Å². The standard InChI is InChI=1S/C18H39N3/c1-7-19-17-16(11-9-12-18(17,3)4)15-21(8-2)14-10-13-20(5)6/h16-17,19H,7-15H2,1-6H3. The normalized spacial score (nSPS) is 25.7. The first-order chi connectivity index (χ1) is 9.90. The molecule has 0 radical (unpaired) electrons. The van der Waals surface area contributed by atoms with Crippen LogP contribution in [-0.2, 0) is 0 Å². The molecule has 2 atom stereocenters. The van der Waals surface area contributed by atoms with Gasteiger partial charge in [-0.2, -0.15) is 0 Å². The first-order valence-corrected chi connectivity index (χ1v) is 9.01. The summed E-state index contributed by atoms with van der Waals surface area (Å²) in [4.78, 5) is 4.96. The molecule has 126 valence electrons. The molecule has 2 unspecified atom stereocenters. The predicted octanol–water partition coefficient (Wildman–Crippen LogP) is 3.06. The number of nitrogens with zero attached hydrogens (tertiary/aromatic N) is 2. The molecule has 0 heterocycles. The lowest BCUT2D eigenvalue weighted by atomic mass is 9.67. The van der Waals surface area contributed by atoms with Gasteiger partial charge in [0.15, 0.2) is 0 Å². The summed E-state index contributed by atoms with van der Waals surface area (Å²) >= 11 is 0. The van der Waals surface area contributed by atoms with Crippen molar-refractivity contribution < 1.29 is 0 Å². The van der Waals surface area contributed by atoms with Crippen LogP contribution in [0.5, 0.6) is 0 Å². The Morgan fingerprint density at radius 1 is 1.14 bits per heavy atom. The summed E-state index contributed by atoms with van der Waals surface area (Å²) in [6.07, 6.45) is 5.44. The van der Waals surface area contributed by atoms with Crippen LogP contribution in [0.2, 0.25) is 0 Å². The third kappa shape index (κ3) is 6.25. The van der Waals surface area contributed by atoms with E-state index in [-0.39, 0.29) is 0 Å². The fourth-order valence-electron chi connectivity index (χ4n) is 3.96. The lowest BCUT2D eigenvalue weighted by molar-refractivity contribution is 0.0801. The highest BCUT2D eigenvalue weighted by atomic mass is 15.1. The molecule has 1 aliphatic carbocycles. The molecule has 3 heteroatoms. The van der Waals surface area contributed by atoms with Crippen molar-refractivity contribution in [1.82, 2.24) is 15.1 Å². The Balaban J connectivity index is 2.55. The molecule has 0 aromatic carbocycles. The molecule has 0 spiro atoms. The van der Waals surface area contributed by atoms with Gasteiger partial charge in [0.2, 0.25) is 0 Å².